The monoisotopic (exact) mass is 291 g/mol. The molecule has 0 unspecified atom stereocenters. The van der Waals surface area contributed by atoms with Crippen LogP contribution in [0.5, 0.6) is 5.75 Å². The molecule has 0 atom stereocenters. The molecule has 5 heteroatoms. The number of benzene rings is 1. The molecule has 1 amide bonds. The summed E-state index contributed by atoms with van der Waals surface area (Å²) in [6.45, 7) is 3.78. The molecule has 1 aromatic carbocycles. The SMILES string of the molecule is CCOc1ccc(C(=O)N2CCC(CC(=O)O)CC2)cc1. The molecule has 21 heavy (non-hydrogen) atoms. The van der Waals surface area contributed by atoms with Crippen molar-refractivity contribution in [2.45, 2.75) is 26.2 Å². The van der Waals surface area contributed by atoms with E-state index in [0.717, 1.165) is 18.6 Å². The number of carbonyl (C=O) groups excluding carboxylic acids is 1. The van der Waals surface area contributed by atoms with E-state index >= 15 is 0 Å². The maximum atomic E-state index is 12.4. The Kier molecular flexibility index (Phi) is 5.20. The van der Waals surface area contributed by atoms with Gasteiger partial charge in [-0.3, -0.25) is 9.59 Å². The van der Waals surface area contributed by atoms with Crippen LogP contribution in [0.15, 0.2) is 24.3 Å². The molecule has 0 bridgehead atoms. The van der Waals surface area contributed by atoms with Crippen LogP contribution in [0.1, 0.15) is 36.5 Å². The van der Waals surface area contributed by atoms with E-state index in [1.54, 1.807) is 29.2 Å². The number of rotatable bonds is 5. The fourth-order valence-electron chi connectivity index (χ4n) is 2.63. The average Bonchev–Trinajstić information content (AvgIpc) is 2.48. The van der Waals surface area contributed by atoms with Crippen LogP contribution in [0.4, 0.5) is 0 Å². The molecule has 1 heterocycles. The van der Waals surface area contributed by atoms with Crippen molar-refractivity contribution >= 4 is 11.9 Å². The van der Waals surface area contributed by atoms with Crippen molar-refractivity contribution in [3.05, 3.63) is 29.8 Å². The van der Waals surface area contributed by atoms with E-state index in [1.807, 2.05) is 6.92 Å². The molecule has 5 nitrogen and oxygen atoms in total. The summed E-state index contributed by atoms with van der Waals surface area (Å²) in [6.07, 6.45) is 1.72. The van der Waals surface area contributed by atoms with Crippen molar-refractivity contribution < 1.29 is 19.4 Å². The quantitative estimate of drug-likeness (QED) is 0.904. The number of nitrogens with zero attached hydrogens (tertiary/aromatic N) is 1. The second-order valence-corrected chi connectivity index (χ2v) is 5.29. The lowest BCUT2D eigenvalue weighted by molar-refractivity contribution is -0.138. The molecule has 0 radical (unpaired) electrons. The van der Waals surface area contributed by atoms with Crippen molar-refractivity contribution in [2.75, 3.05) is 19.7 Å². The van der Waals surface area contributed by atoms with Gasteiger partial charge in [-0.15, -0.1) is 0 Å². The second kappa shape index (κ2) is 7.11. The predicted molar refractivity (Wildman–Crippen MR) is 78.5 cm³/mol. The van der Waals surface area contributed by atoms with Gasteiger partial charge in [0.1, 0.15) is 5.75 Å². The minimum absolute atomic E-state index is 0.00632. The number of ether oxygens (including phenoxy) is 1. The fourth-order valence-corrected chi connectivity index (χ4v) is 2.63. The average molecular weight is 291 g/mol. The molecule has 0 aliphatic carbocycles. The van der Waals surface area contributed by atoms with E-state index in [1.165, 1.54) is 0 Å². The number of hydrogen-bond acceptors (Lipinski definition) is 3. The number of carbonyl (C=O) groups is 2. The number of carboxylic acid groups (broad SMARTS) is 1. The van der Waals surface area contributed by atoms with Crippen LogP contribution in [0, 0.1) is 5.92 Å². The largest absolute Gasteiger partial charge is 0.494 e. The molecule has 0 saturated carbocycles. The third kappa shape index (κ3) is 4.21. The maximum Gasteiger partial charge on any atom is 0.303 e. The van der Waals surface area contributed by atoms with E-state index in [4.69, 9.17) is 9.84 Å². The van der Waals surface area contributed by atoms with Gasteiger partial charge in [0.05, 0.1) is 6.61 Å². The zero-order valence-corrected chi connectivity index (χ0v) is 12.2. The third-order valence-electron chi connectivity index (χ3n) is 3.78. The normalized spacial score (nSPS) is 15.8. The Hall–Kier alpha value is -2.04. The Morgan fingerprint density at radius 1 is 1.24 bits per heavy atom. The molecule has 1 N–H and O–H groups in total. The van der Waals surface area contributed by atoms with Gasteiger partial charge >= 0.3 is 5.97 Å². The molecule has 1 saturated heterocycles. The summed E-state index contributed by atoms with van der Waals surface area (Å²) in [6, 6.07) is 7.15. The smallest absolute Gasteiger partial charge is 0.303 e. The molecular formula is C16H21NO4. The van der Waals surface area contributed by atoms with E-state index in [-0.39, 0.29) is 18.2 Å². The maximum absolute atomic E-state index is 12.4. The number of piperidine rings is 1. The predicted octanol–water partition coefficient (Wildman–Crippen LogP) is 2.41. The lowest BCUT2D eigenvalue weighted by atomic mass is 9.93. The highest BCUT2D eigenvalue weighted by atomic mass is 16.5. The second-order valence-electron chi connectivity index (χ2n) is 5.29. The van der Waals surface area contributed by atoms with Gasteiger partial charge in [0, 0.05) is 25.1 Å². The first kappa shape index (κ1) is 15.4. The Morgan fingerprint density at radius 3 is 2.38 bits per heavy atom. The topological polar surface area (TPSA) is 66.8 Å². The minimum atomic E-state index is -0.758. The molecule has 0 spiro atoms. The summed E-state index contributed by atoms with van der Waals surface area (Å²) in [5.41, 5.74) is 0.648. The van der Waals surface area contributed by atoms with E-state index in [9.17, 15) is 9.59 Å². The standard InChI is InChI=1S/C16H21NO4/c1-2-21-14-5-3-13(4-6-14)16(20)17-9-7-12(8-10-17)11-15(18)19/h3-6,12H,2,7-11H2,1H3,(H,18,19). The summed E-state index contributed by atoms with van der Waals surface area (Å²) in [5.74, 6) is 0.194. The molecule has 1 aliphatic rings. The summed E-state index contributed by atoms with van der Waals surface area (Å²) < 4.78 is 5.36. The van der Waals surface area contributed by atoms with Gasteiger partial charge in [-0.25, -0.2) is 0 Å². The lowest BCUT2D eigenvalue weighted by Crippen LogP contribution is -2.38. The van der Waals surface area contributed by atoms with Crippen LogP contribution >= 0.6 is 0 Å². The molecule has 1 fully saturated rings. The van der Waals surface area contributed by atoms with Gasteiger partial charge < -0.3 is 14.7 Å². The molecular weight excluding hydrogens is 270 g/mol. The lowest BCUT2D eigenvalue weighted by Gasteiger charge is -2.31. The van der Waals surface area contributed by atoms with E-state index in [2.05, 4.69) is 0 Å². The molecule has 0 aromatic heterocycles. The first-order valence-corrected chi connectivity index (χ1v) is 7.34. The number of carboxylic acids is 1. The Balaban J connectivity index is 1.90. The third-order valence-corrected chi connectivity index (χ3v) is 3.78. The minimum Gasteiger partial charge on any atom is -0.494 e. The van der Waals surface area contributed by atoms with Crippen LogP contribution in [-0.2, 0) is 4.79 Å². The first-order chi connectivity index (χ1) is 10.1. The number of amides is 1. The van der Waals surface area contributed by atoms with Crippen LogP contribution in [-0.4, -0.2) is 41.6 Å². The van der Waals surface area contributed by atoms with Gasteiger partial charge in [-0.1, -0.05) is 0 Å². The zero-order chi connectivity index (χ0) is 15.2. The number of likely N-dealkylation sites (tertiary alicyclic amines) is 1. The van der Waals surface area contributed by atoms with Crippen LogP contribution in [0.25, 0.3) is 0 Å². The molecule has 2 rings (SSSR count). The Labute approximate surface area is 124 Å². The molecule has 114 valence electrons. The fraction of sp³-hybridized carbons (Fsp3) is 0.500. The number of hydrogen-bond donors (Lipinski definition) is 1. The first-order valence-electron chi connectivity index (χ1n) is 7.34. The van der Waals surface area contributed by atoms with Crippen molar-refractivity contribution in [3.8, 4) is 5.75 Å². The van der Waals surface area contributed by atoms with Crippen molar-refractivity contribution in [1.82, 2.24) is 4.90 Å². The van der Waals surface area contributed by atoms with Gasteiger partial charge in [0.25, 0.3) is 5.91 Å². The van der Waals surface area contributed by atoms with Crippen molar-refractivity contribution in [2.24, 2.45) is 5.92 Å². The van der Waals surface area contributed by atoms with Gasteiger partial charge in [0.15, 0.2) is 0 Å². The zero-order valence-electron chi connectivity index (χ0n) is 12.2. The highest BCUT2D eigenvalue weighted by molar-refractivity contribution is 5.94. The summed E-state index contributed by atoms with van der Waals surface area (Å²) in [5, 5.41) is 8.80. The van der Waals surface area contributed by atoms with Gasteiger partial charge in [-0.05, 0) is 49.9 Å². The Morgan fingerprint density at radius 2 is 1.86 bits per heavy atom. The summed E-state index contributed by atoms with van der Waals surface area (Å²) in [7, 11) is 0. The van der Waals surface area contributed by atoms with Gasteiger partial charge in [-0.2, -0.15) is 0 Å². The highest BCUT2D eigenvalue weighted by Gasteiger charge is 2.24. The Bertz CT molecular complexity index is 490. The number of aliphatic carboxylic acids is 1. The molecule has 1 aromatic rings. The van der Waals surface area contributed by atoms with E-state index in [0.29, 0.717) is 25.3 Å². The van der Waals surface area contributed by atoms with Crippen molar-refractivity contribution in [1.29, 1.82) is 0 Å². The summed E-state index contributed by atoms with van der Waals surface area (Å²) >= 11 is 0. The summed E-state index contributed by atoms with van der Waals surface area (Å²) in [4.78, 5) is 24.9. The van der Waals surface area contributed by atoms with Crippen LogP contribution < -0.4 is 4.74 Å². The van der Waals surface area contributed by atoms with E-state index < -0.39 is 5.97 Å². The van der Waals surface area contributed by atoms with Crippen molar-refractivity contribution in [3.63, 3.8) is 0 Å². The highest BCUT2D eigenvalue weighted by Crippen LogP contribution is 2.22. The van der Waals surface area contributed by atoms with Crippen LogP contribution in [0.3, 0.4) is 0 Å². The molecule has 1 aliphatic heterocycles. The van der Waals surface area contributed by atoms with Crippen LogP contribution in [0.2, 0.25) is 0 Å². The van der Waals surface area contributed by atoms with Gasteiger partial charge in [0.2, 0.25) is 0 Å².